The van der Waals surface area contributed by atoms with E-state index in [1.165, 1.54) is 0 Å². The maximum atomic E-state index is 12.1. The van der Waals surface area contributed by atoms with Crippen LogP contribution in [-0.2, 0) is 13.0 Å². The number of benzene rings is 1. The zero-order chi connectivity index (χ0) is 15.6. The van der Waals surface area contributed by atoms with Crippen LogP contribution in [-0.4, -0.2) is 26.6 Å². The van der Waals surface area contributed by atoms with Crippen LogP contribution >= 0.6 is 0 Å². The number of urea groups is 1. The molecular weight excluding hydrogens is 290 g/mol. The smallest absolute Gasteiger partial charge is 0.319 e. The van der Waals surface area contributed by atoms with Gasteiger partial charge in [-0.15, -0.1) is 0 Å². The van der Waals surface area contributed by atoms with Gasteiger partial charge in [-0.2, -0.15) is 0 Å². The number of carbonyl (C=O) groups excluding carboxylic acids is 1. The minimum absolute atomic E-state index is 0.117. The van der Waals surface area contributed by atoms with Crippen LogP contribution in [0.2, 0.25) is 0 Å². The highest BCUT2D eigenvalue weighted by atomic mass is 16.2. The first-order valence-electron chi connectivity index (χ1n) is 7.58. The van der Waals surface area contributed by atoms with E-state index in [9.17, 15) is 4.79 Å². The van der Waals surface area contributed by atoms with Crippen LogP contribution in [0.1, 0.15) is 5.69 Å². The first-order chi connectivity index (χ1) is 11.3. The Balaban J connectivity index is 1.35. The maximum absolute atomic E-state index is 12.1. The number of amides is 2. The molecule has 0 fully saturated rings. The molecule has 0 saturated carbocycles. The van der Waals surface area contributed by atoms with E-state index in [0.717, 1.165) is 35.6 Å². The predicted octanol–water partition coefficient (Wildman–Crippen LogP) is 2.62. The summed E-state index contributed by atoms with van der Waals surface area (Å²) < 4.78 is 2.07. The fraction of sp³-hybridized carbons (Fsp3) is 0.176. The van der Waals surface area contributed by atoms with E-state index in [1.54, 1.807) is 6.33 Å². The van der Waals surface area contributed by atoms with Crippen LogP contribution in [0.15, 0.2) is 55.1 Å². The Labute approximate surface area is 133 Å². The molecule has 6 heteroatoms. The van der Waals surface area contributed by atoms with Gasteiger partial charge in [0.15, 0.2) is 0 Å². The Bertz CT molecular complexity index is 783. The molecule has 3 N–H and O–H groups in total. The molecule has 1 aliphatic heterocycles. The molecule has 3 heterocycles. The Kier molecular flexibility index (Phi) is 3.34. The van der Waals surface area contributed by atoms with Crippen molar-refractivity contribution in [3.05, 3.63) is 60.8 Å². The molecule has 2 aromatic heterocycles. The van der Waals surface area contributed by atoms with Crippen molar-refractivity contribution in [1.82, 2.24) is 19.9 Å². The monoisotopic (exact) mass is 307 g/mol. The summed E-state index contributed by atoms with van der Waals surface area (Å²) in [6.45, 7) is 0.772. The Morgan fingerprint density at radius 1 is 1.26 bits per heavy atom. The van der Waals surface area contributed by atoms with Gasteiger partial charge in [0.25, 0.3) is 0 Å². The second kappa shape index (κ2) is 5.64. The SMILES string of the molecule is O=C(Nc1ccc(-c2ccc[nH]2)cc1)NC1Cc2cncn2C1. The van der Waals surface area contributed by atoms with Crippen LogP contribution in [0.4, 0.5) is 10.5 Å². The molecule has 116 valence electrons. The van der Waals surface area contributed by atoms with Crippen LogP contribution in [0, 0.1) is 0 Å². The van der Waals surface area contributed by atoms with Gasteiger partial charge >= 0.3 is 6.03 Å². The number of anilines is 1. The highest BCUT2D eigenvalue weighted by Crippen LogP contribution is 2.19. The second-order valence-electron chi connectivity index (χ2n) is 5.70. The van der Waals surface area contributed by atoms with E-state index in [-0.39, 0.29) is 12.1 Å². The molecule has 3 aromatic rings. The van der Waals surface area contributed by atoms with Gasteiger partial charge in [0.2, 0.25) is 0 Å². The molecule has 1 atom stereocenters. The predicted molar refractivity (Wildman–Crippen MR) is 88.1 cm³/mol. The lowest BCUT2D eigenvalue weighted by Crippen LogP contribution is -2.38. The third kappa shape index (κ3) is 2.83. The third-order valence-corrected chi connectivity index (χ3v) is 4.06. The summed E-state index contributed by atoms with van der Waals surface area (Å²) in [5.41, 5.74) is 4.08. The van der Waals surface area contributed by atoms with Gasteiger partial charge in [-0.25, -0.2) is 9.78 Å². The van der Waals surface area contributed by atoms with Crippen LogP contribution < -0.4 is 10.6 Å². The topological polar surface area (TPSA) is 74.7 Å². The van der Waals surface area contributed by atoms with Crippen LogP contribution in [0.3, 0.4) is 0 Å². The van der Waals surface area contributed by atoms with Crippen molar-refractivity contribution in [3.63, 3.8) is 0 Å². The summed E-state index contributed by atoms with van der Waals surface area (Å²) >= 11 is 0. The Hall–Kier alpha value is -3.02. The largest absolute Gasteiger partial charge is 0.361 e. The number of nitrogens with one attached hydrogen (secondary N) is 3. The number of rotatable bonds is 3. The van der Waals surface area contributed by atoms with E-state index in [4.69, 9.17) is 0 Å². The summed E-state index contributed by atoms with van der Waals surface area (Å²) in [5.74, 6) is 0. The summed E-state index contributed by atoms with van der Waals surface area (Å²) in [6.07, 6.45) is 6.36. The summed E-state index contributed by atoms with van der Waals surface area (Å²) in [6, 6.07) is 11.7. The molecule has 1 unspecified atom stereocenters. The van der Waals surface area contributed by atoms with Crippen molar-refractivity contribution < 1.29 is 4.79 Å². The van der Waals surface area contributed by atoms with Crippen molar-refractivity contribution in [2.75, 3.05) is 5.32 Å². The van der Waals surface area contributed by atoms with Crippen molar-refractivity contribution in [2.24, 2.45) is 0 Å². The number of fused-ring (bicyclic) bond motifs is 1. The number of nitrogens with zero attached hydrogens (tertiary/aromatic N) is 2. The van der Waals surface area contributed by atoms with Gasteiger partial charge in [0, 0.05) is 42.4 Å². The lowest BCUT2D eigenvalue weighted by Gasteiger charge is -2.13. The van der Waals surface area contributed by atoms with Gasteiger partial charge in [-0.05, 0) is 29.8 Å². The van der Waals surface area contributed by atoms with Crippen molar-refractivity contribution in [2.45, 2.75) is 19.0 Å². The zero-order valence-electron chi connectivity index (χ0n) is 12.5. The second-order valence-corrected chi connectivity index (χ2v) is 5.70. The van der Waals surface area contributed by atoms with Gasteiger partial charge in [0.1, 0.15) is 0 Å². The van der Waals surface area contributed by atoms with Crippen molar-refractivity contribution in [1.29, 1.82) is 0 Å². The third-order valence-electron chi connectivity index (χ3n) is 4.06. The number of H-pyrrole nitrogens is 1. The minimum atomic E-state index is -0.179. The molecule has 23 heavy (non-hydrogen) atoms. The minimum Gasteiger partial charge on any atom is -0.361 e. The normalized spacial score (nSPS) is 16.1. The molecule has 1 aliphatic rings. The quantitative estimate of drug-likeness (QED) is 0.696. The molecular formula is C17H17N5O. The lowest BCUT2D eigenvalue weighted by molar-refractivity contribution is 0.248. The first-order valence-corrected chi connectivity index (χ1v) is 7.58. The maximum Gasteiger partial charge on any atom is 0.319 e. The molecule has 0 aliphatic carbocycles. The van der Waals surface area contributed by atoms with Gasteiger partial charge in [0.05, 0.1) is 12.4 Å². The molecule has 1 aromatic carbocycles. The molecule has 2 amide bonds. The van der Waals surface area contributed by atoms with E-state index < -0.39 is 0 Å². The zero-order valence-corrected chi connectivity index (χ0v) is 12.5. The number of hydrogen-bond donors (Lipinski definition) is 3. The fourth-order valence-electron chi connectivity index (χ4n) is 2.93. The average molecular weight is 307 g/mol. The highest BCUT2D eigenvalue weighted by Gasteiger charge is 2.22. The summed E-state index contributed by atoms with van der Waals surface area (Å²) in [7, 11) is 0. The average Bonchev–Trinajstić information content (AvgIpc) is 3.24. The number of aromatic nitrogens is 3. The Morgan fingerprint density at radius 2 is 2.13 bits per heavy atom. The molecule has 4 rings (SSSR count). The van der Waals surface area contributed by atoms with E-state index >= 15 is 0 Å². The highest BCUT2D eigenvalue weighted by molar-refractivity contribution is 5.89. The summed E-state index contributed by atoms with van der Waals surface area (Å²) in [4.78, 5) is 19.3. The van der Waals surface area contributed by atoms with Crippen molar-refractivity contribution in [3.8, 4) is 11.3 Å². The molecule has 6 nitrogen and oxygen atoms in total. The van der Waals surface area contributed by atoms with Gasteiger partial charge in [-0.1, -0.05) is 12.1 Å². The number of hydrogen-bond acceptors (Lipinski definition) is 2. The number of carbonyl (C=O) groups is 1. The molecule has 0 bridgehead atoms. The number of aromatic amines is 1. The van der Waals surface area contributed by atoms with Crippen LogP contribution in [0.25, 0.3) is 11.3 Å². The van der Waals surface area contributed by atoms with Crippen LogP contribution in [0.5, 0.6) is 0 Å². The van der Waals surface area contributed by atoms with E-state index in [2.05, 4.69) is 25.2 Å². The molecule has 0 radical (unpaired) electrons. The molecule has 0 spiro atoms. The lowest BCUT2D eigenvalue weighted by atomic mass is 10.1. The summed E-state index contributed by atoms with van der Waals surface area (Å²) in [5, 5.41) is 5.87. The standard InChI is InChI=1S/C17H17N5O/c23-17(21-14-8-15-9-18-11-22(15)10-14)20-13-5-3-12(4-6-13)16-2-1-7-19-16/h1-7,9,11,14,19H,8,10H2,(H2,20,21,23). The van der Waals surface area contributed by atoms with Crippen molar-refractivity contribution >= 4 is 11.7 Å². The van der Waals surface area contributed by atoms with E-state index in [1.807, 2.05) is 48.8 Å². The first kappa shape index (κ1) is 13.6. The fourth-order valence-corrected chi connectivity index (χ4v) is 2.93. The number of imidazole rings is 1. The van der Waals surface area contributed by atoms with Gasteiger partial charge < -0.3 is 20.2 Å². The molecule has 0 saturated heterocycles. The van der Waals surface area contributed by atoms with E-state index in [0.29, 0.717) is 0 Å². The van der Waals surface area contributed by atoms with Gasteiger partial charge in [-0.3, -0.25) is 0 Å². The Morgan fingerprint density at radius 3 is 2.87 bits per heavy atom.